The van der Waals surface area contributed by atoms with Gasteiger partial charge in [0.25, 0.3) is 0 Å². The summed E-state index contributed by atoms with van der Waals surface area (Å²) in [5.41, 5.74) is -0.725. The molecule has 7 heteroatoms. The zero-order chi connectivity index (χ0) is 13.9. The van der Waals surface area contributed by atoms with Gasteiger partial charge in [0.1, 0.15) is 12.1 Å². The third-order valence-electron chi connectivity index (χ3n) is 2.11. The number of aliphatic hydroxyl groups is 1. The highest BCUT2D eigenvalue weighted by Gasteiger charge is 2.39. The molecular formula is C11H17NO5S. The fourth-order valence-corrected chi connectivity index (χ4v) is 2.37. The number of hydrogen-bond donors (Lipinski definition) is 1. The van der Waals surface area contributed by atoms with Crippen LogP contribution in [-0.2, 0) is 14.3 Å². The Bertz CT molecular complexity index is 363. The number of amides is 2. The first kappa shape index (κ1) is 15.0. The molecule has 18 heavy (non-hydrogen) atoms. The standard InChI is InChI=1S/C11H17NO5S/c1-11(2,3)17-10(16)12-6-8(14)18-7(4-5-13)9(12)15/h7,13H,4-6H2,1-3H3. The maximum atomic E-state index is 11.9. The quantitative estimate of drug-likeness (QED) is 0.801. The molecule has 2 amide bonds. The largest absolute Gasteiger partial charge is 0.443 e. The van der Waals surface area contributed by atoms with Crippen LogP contribution in [0.25, 0.3) is 0 Å². The van der Waals surface area contributed by atoms with Crippen molar-refractivity contribution in [3.05, 3.63) is 0 Å². The maximum absolute atomic E-state index is 11.9. The fourth-order valence-electron chi connectivity index (χ4n) is 1.40. The summed E-state index contributed by atoms with van der Waals surface area (Å²) < 4.78 is 5.06. The van der Waals surface area contributed by atoms with E-state index in [9.17, 15) is 14.4 Å². The summed E-state index contributed by atoms with van der Waals surface area (Å²) >= 11 is 0.860. The molecule has 6 nitrogen and oxygen atoms in total. The van der Waals surface area contributed by atoms with Crippen LogP contribution in [0.4, 0.5) is 4.79 Å². The first-order valence-corrected chi connectivity index (χ1v) is 6.47. The van der Waals surface area contributed by atoms with Crippen LogP contribution in [0.2, 0.25) is 0 Å². The molecule has 102 valence electrons. The van der Waals surface area contributed by atoms with Gasteiger partial charge >= 0.3 is 6.09 Å². The van der Waals surface area contributed by atoms with E-state index in [1.165, 1.54) is 0 Å². The lowest BCUT2D eigenvalue weighted by Crippen LogP contribution is -2.50. The first-order valence-electron chi connectivity index (χ1n) is 5.59. The van der Waals surface area contributed by atoms with Crippen molar-refractivity contribution in [1.29, 1.82) is 0 Å². The van der Waals surface area contributed by atoms with Gasteiger partial charge < -0.3 is 9.84 Å². The topological polar surface area (TPSA) is 83.9 Å². The second-order valence-corrected chi connectivity index (χ2v) is 6.16. The molecule has 0 bridgehead atoms. The highest BCUT2D eigenvalue weighted by atomic mass is 32.2. The molecule has 0 saturated carbocycles. The SMILES string of the molecule is CC(C)(C)OC(=O)N1CC(=O)SC(CCO)C1=O. The van der Waals surface area contributed by atoms with Crippen LogP contribution >= 0.6 is 11.8 Å². The van der Waals surface area contributed by atoms with Crippen molar-refractivity contribution in [2.45, 2.75) is 38.0 Å². The van der Waals surface area contributed by atoms with E-state index >= 15 is 0 Å². The third-order valence-corrected chi connectivity index (χ3v) is 3.22. The smallest absolute Gasteiger partial charge is 0.417 e. The molecule has 0 aromatic rings. The molecule has 1 heterocycles. The number of imide groups is 1. The Hall–Kier alpha value is -1.08. The molecule has 1 atom stereocenters. The minimum atomic E-state index is -0.816. The van der Waals surface area contributed by atoms with Crippen LogP contribution < -0.4 is 0 Å². The molecule has 1 aliphatic heterocycles. The summed E-state index contributed by atoms with van der Waals surface area (Å²) in [6, 6.07) is 0. The van der Waals surface area contributed by atoms with E-state index in [4.69, 9.17) is 9.84 Å². The van der Waals surface area contributed by atoms with Crippen molar-refractivity contribution in [3.8, 4) is 0 Å². The van der Waals surface area contributed by atoms with Crippen LogP contribution in [0.3, 0.4) is 0 Å². The van der Waals surface area contributed by atoms with Crippen LogP contribution in [0.15, 0.2) is 0 Å². The molecular weight excluding hydrogens is 258 g/mol. The van der Waals surface area contributed by atoms with Crippen LogP contribution in [0.5, 0.6) is 0 Å². The van der Waals surface area contributed by atoms with Gasteiger partial charge in [-0.1, -0.05) is 11.8 Å². The average molecular weight is 275 g/mol. The second-order valence-electron chi connectivity index (χ2n) is 4.90. The summed E-state index contributed by atoms with van der Waals surface area (Å²) in [6.45, 7) is 4.56. The Morgan fingerprint density at radius 1 is 1.50 bits per heavy atom. The van der Waals surface area contributed by atoms with Crippen LogP contribution in [-0.4, -0.2) is 51.1 Å². The molecule has 0 aromatic heterocycles. The van der Waals surface area contributed by atoms with Crippen LogP contribution in [0, 0.1) is 0 Å². The second kappa shape index (κ2) is 5.71. The molecule has 1 fully saturated rings. The summed E-state index contributed by atoms with van der Waals surface area (Å²) in [5, 5.41) is 7.84. The number of rotatable bonds is 2. The molecule has 0 aliphatic carbocycles. The van der Waals surface area contributed by atoms with Crippen molar-refractivity contribution in [2.24, 2.45) is 0 Å². The van der Waals surface area contributed by atoms with Gasteiger partial charge in [-0.2, -0.15) is 0 Å². The molecule has 1 rings (SSSR count). The minimum Gasteiger partial charge on any atom is -0.443 e. The maximum Gasteiger partial charge on any atom is 0.417 e. The summed E-state index contributed by atoms with van der Waals surface area (Å²) in [4.78, 5) is 36.0. The zero-order valence-corrected chi connectivity index (χ0v) is 11.5. The van der Waals surface area contributed by atoms with Crippen molar-refractivity contribution >= 4 is 28.9 Å². The Kier molecular flexibility index (Phi) is 4.75. The zero-order valence-electron chi connectivity index (χ0n) is 10.6. The molecule has 1 unspecified atom stereocenters. The van der Waals surface area contributed by atoms with E-state index in [0.29, 0.717) is 0 Å². The molecule has 1 N–H and O–H groups in total. The highest BCUT2D eigenvalue weighted by molar-refractivity contribution is 8.14. The highest BCUT2D eigenvalue weighted by Crippen LogP contribution is 2.25. The number of carbonyl (C=O) groups is 3. The van der Waals surface area contributed by atoms with Gasteiger partial charge in [0.15, 0.2) is 0 Å². The van der Waals surface area contributed by atoms with E-state index in [1.54, 1.807) is 20.8 Å². The van der Waals surface area contributed by atoms with E-state index in [-0.39, 0.29) is 24.7 Å². The number of aliphatic hydroxyl groups excluding tert-OH is 1. The molecule has 0 spiro atoms. The van der Waals surface area contributed by atoms with E-state index in [1.807, 2.05) is 0 Å². The summed E-state index contributed by atoms with van der Waals surface area (Å²) in [6.07, 6.45) is -0.668. The van der Waals surface area contributed by atoms with Crippen LogP contribution in [0.1, 0.15) is 27.2 Å². The number of hydrogen-bond acceptors (Lipinski definition) is 6. The monoisotopic (exact) mass is 275 g/mol. The lowest BCUT2D eigenvalue weighted by Gasteiger charge is -2.30. The van der Waals surface area contributed by atoms with Crippen molar-refractivity contribution < 1.29 is 24.2 Å². The van der Waals surface area contributed by atoms with Gasteiger partial charge in [0.05, 0.1) is 5.25 Å². The Balaban J connectivity index is 2.77. The Morgan fingerprint density at radius 3 is 2.61 bits per heavy atom. The average Bonchev–Trinajstić information content (AvgIpc) is 2.20. The number of ether oxygens (including phenoxy) is 1. The number of carbonyl (C=O) groups excluding carboxylic acids is 3. The lowest BCUT2D eigenvalue weighted by molar-refractivity contribution is -0.133. The Morgan fingerprint density at radius 2 is 2.11 bits per heavy atom. The normalized spacial score (nSPS) is 21.1. The van der Waals surface area contributed by atoms with Crippen molar-refractivity contribution in [1.82, 2.24) is 4.90 Å². The van der Waals surface area contributed by atoms with Gasteiger partial charge in [0, 0.05) is 6.61 Å². The number of nitrogens with zero attached hydrogens (tertiary/aromatic N) is 1. The number of thioether (sulfide) groups is 1. The van der Waals surface area contributed by atoms with E-state index < -0.39 is 22.9 Å². The molecule has 1 saturated heterocycles. The van der Waals surface area contributed by atoms with Crippen molar-refractivity contribution in [2.75, 3.05) is 13.2 Å². The van der Waals surface area contributed by atoms with Gasteiger partial charge in [-0.15, -0.1) is 0 Å². The molecule has 0 aromatic carbocycles. The van der Waals surface area contributed by atoms with E-state index in [0.717, 1.165) is 16.7 Å². The Labute approximate surface area is 110 Å². The minimum absolute atomic E-state index is 0.147. The first-order chi connectivity index (χ1) is 8.24. The van der Waals surface area contributed by atoms with Gasteiger partial charge in [-0.05, 0) is 27.2 Å². The van der Waals surface area contributed by atoms with Gasteiger partial charge in [0.2, 0.25) is 11.0 Å². The third kappa shape index (κ3) is 3.99. The van der Waals surface area contributed by atoms with E-state index in [2.05, 4.69) is 0 Å². The molecule has 1 aliphatic rings. The van der Waals surface area contributed by atoms with Crippen molar-refractivity contribution in [3.63, 3.8) is 0 Å². The van der Waals surface area contributed by atoms with Gasteiger partial charge in [-0.25, -0.2) is 9.69 Å². The lowest BCUT2D eigenvalue weighted by atomic mass is 10.2. The summed E-state index contributed by atoms with van der Waals surface area (Å²) in [5.74, 6) is -0.483. The molecule has 0 radical (unpaired) electrons. The fraction of sp³-hybridized carbons (Fsp3) is 0.727. The van der Waals surface area contributed by atoms with Gasteiger partial charge in [-0.3, -0.25) is 9.59 Å². The predicted molar refractivity (Wildman–Crippen MR) is 66.0 cm³/mol. The predicted octanol–water partition coefficient (Wildman–Crippen LogP) is 0.774. The summed E-state index contributed by atoms with van der Waals surface area (Å²) in [7, 11) is 0.